The molecular formula is C92H93NO28. The maximum Gasteiger partial charge on any atom is 0.264 e. The van der Waals surface area contributed by atoms with Gasteiger partial charge >= 0.3 is 0 Å². The fourth-order valence-corrected chi connectivity index (χ4v) is 11.1. The lowest BCUT2D eigenvalue weighted by molar-refractivity contribution is 0.000187. The van der Waals surface area contributed by atoms with Crippen LogP contribution >= 0.6 is 0 Å². The zero-order valence-electron chi connectivity index (χ0n) is 69.3. The summed E-state index contributed by atoms with van der Waals surface area (Å²) >= 11 is 0. The standard InChI is InChI=1S/C19H19NO3.2C13H14O4.C12H12O5.2C12H12O4.C11H10O4/c1-12-13(2)19(23-18-15(4)22-11-10-17(18)21)20(14(12)3)16-8-6-5-7-9-16;1-7-8(2)13(16-9(7)3)17-12-10(4)15-6-5-11(12)14;1-4-11-13(10(14)5-6-15-11)17-12-7-8(2)9(3)16-12;1-7-3-12(16-8(7)2)17-11-6-15-9(5-13)4-10(11)14;1-7-4-12(15-9(7)3)16-11-6-14-8(2)5-10(11)13;1-7-6-11(15-8(7)2)16-12-9(3)14-5-4-10(12)13;1-7-5-11(14-8(7)2)15-10-6-13-4-3-9(10)12/h5-11,19H,3H2,1-2,4H3;5-6,13H,3H2,1-2,4H3;5-7,12H,3-4H2,1-2H3;3-4,6,12-13H,2,5H2,1H3;4-6,12H,3H2,1-2H3;4-6,11H,2H2,1,3H3;3-6,11H,2H2,1H3. The second-order valence-electron chi connectivity index (χ2n) is 27.3. The third-order valence-electron chi connectivity index (χ3n) is 18.5. The molecule has 634 valence electrons. The van der Waals surface area contributed by atoms with Crippen LogP contribution in [-0.4, -0.2) is 49.1 Å². The monoisotopic (exact) mass is 1660 g/mol. The first-order valence-corrected chi connectivity index (χ1v) is 37.4. The molecule has 0 spiro atoms. The number of aryl methyl sites for hydroxylation is 5. The molecule has 7 aliphatic rings. The summed E-state index contributed by atoms with van der Waals surface area (Å²) in [6.45, 7) is 51.8. The van der Waals surface area contributed by atoms with Gasteiger partial charge in [-0.2, -0.15) is 0 Å². The van der Waals surface area contributed by atoms with Gasteiger partial charge in [0.15, 0.2) is 6.23 Å². The van der Waals surface area contributed by atoms with Crippen LogP contribution in [0.1, 0.15) is 104 Å². The lowest BCUT2D eigenvalue weighted by atomic mass is 10.1. The number of hydrogen-bond acceptors (Lipinski definition) is 29. The maximum absolute atomic E-state index is 12.1. The molecule has 29 nitrogen and oxygen atoms in total. The van der Waals surface area contributed by atoms with Crippen LogP contribution in [0.15, 0.2) is 354 Å². The number of rotatable bonds is 17. The summed E-state index contributed by atoms with van der Waals surface area (Å²) in [6, 6.07) is 19.0. The van der Waals surface area contributed by atoms with E-state index in [-0.39, 0.29) is 90.6 Å². The first-order chi connectivity index (χ1) is 57.5. The molecule has 7 aromatic heterocycles. The predicted octanol–water partition coefficient (Wildman–Crippen LogP) is 16.4. The van der Waals surface area contributed by atoms with Crippen molar-refractivity contribution in [3.8, 4) is 40.2 Å². The smallest absolute Gasteiger partial charge is 0.264 e. The van der Waals surface area contributed by atoms with Crippen molar-refractivity contribution in [3.63, 3.8) is 0 Å². The van der Waals surface area contributed by atoms with E-state index in [2.05, 4.69) is 46.1 Å². The van der Waals surface area contributed by atoms with Crippen molar-refractivity contribution in [2.45, 2.75) is 154 Å². The molecular weight excluding hydrogens is 1570 g/mol. The average Bonchev–Trinajstić information content (AvgIpc) is 1.62. The Bertz CT molecular complexity index is 5930. The third-order valence-corrected chi connectivity index (χ3v) is 18.5. The Kier molecular flexibility index (Phi) is 30.6. The highest BCUT2D eigenvalue weighted by Crippen LogP contribution is 2.38. The second kappa shape index (κ2) is 41.0. The van der Waals surface area contributed by atoms with Crippen LogP contribution in [0.4, 0.5) is 5.69 Å². The van der Waals surface area contributed by atoms with Crippen LogP contribution in [0.3, 0.4) is 0 Å². The van der Waals surface area contributed by atoms with Gasteiger partial charge in [-0.05, 0) is 147 Å². The van der Waals surface area contributed by atoms with Crippen LogP contribution in [-0.2, 0) is 41.4 Å². The lowest BCUT2D eigenvalue weighted by Crippen LogP contribution is -2.36. The summed E-state index contributed by atoms with van der Waals surface area (Å²) in [5, 5.41) is 8.79. The molecule has 15 rings (SSSR count). The SMILES string of the molecule is C=C1C(C)=C(C)C(Oc2c(C)occc2=O)N1c1ccccc1.C=C1OC(Oc2c(C)occc2=O)C(C)=C1C.C=C1OC(Oc2c(C)occc2=O)C=C1C.C=C1OC(Oc2c(CC)occc2=O)C=C1C.C=C1OC(Oc2coc(C)cc2=O)C=C1C.C=C1OC(Oc2coc(CO)cc2=O)C=C1C.C=C1OC(Oc2coccc2=O)C=C1C. The Hall–Kier alpha value is -14.6. The number of allylic oxidation sites excluding steroid dienone is 7. The number of nitrogens with zero attached hydrogens (tertiary/aromatic N) is 1. The summed E-state index contributed by atoms with van der Waals surface area (Å²) in [5.74, 6) is 7.00. The van der Waals surface area contributed by atoms with Crippen molar-refractivity contribution in [1.29, 1.82) is 0 Å². The van der Waals surface area contributed by atoms with Gasteiger partial charge in [-0.15, -0.1) is 0 Å². The summed E-state index contributed by atoms with van der Waals surface area (Å²) in [4.78, 5) is 83.2. The zero-order chi connectivity index (χ0) is 88.2. The van der Waals surface area contributed by atoms with Crippen LogP contribution in [0.25, 0.3) is 0 Å². The van der Waals surface area contributed by atoms with Gasteiger partial charge in [0.2, 0.25) is 78.2 Å². The van der Waals surface area contributed by atoms with Crippen molar-refractivity contribution in [2.24, 2.45) is 0 Å². The highest BCUT2D eigenvalue weighted by Gasteiger charge is 2.36. The summed E-state index contributed by atoms with van der Waals surface area (Å²) < 4.78 is 106. The van der Waals surface area contributed by atoms with Crippen molar-refractivity contribution < 1.29 is 97.6 Å². The van der Waals surface area contributed by atoms with Gasteiger partial charge < -0.3 is 103 Å². The van der Waals surface area contributed by atoms with Crippen molar-refractivity contribution in [2.75, 3.05) is 4.90 Å². The van der Waals surface area contributed by atoms with Crippen LogP contribution < -0.4 is 76.1 Å². The number of hydrogen-bond donors (Lipinski definition) is 1. The quantitative estimate of drug-likeness (QED) is 0.0884. The molecule has 8 aromatic rings. The molecule has 0 bridgehead atoms. The first kappa shape index (κ1) is 90.3. The summed E-state index contributed by atoms with van der Waals surface area (Å²) in [5.41, 5.74) is 8.61. The Morgan fingerprint density at radius 2 is 0.760 bits per heavy atom. The molecule has 7 atom stereocenters. The van der Waals surface area contributed by atoms with Gasteiger partial charge in [-0.1, -0.05) is 71.2 Å². The molecule has 7 aliphatic heterocycles. The first-order valence-electron chi connectivity index (χ1n) is 37.4. The van der Waals surface area contributed by atoms with Gasteiger partial charge in [-0.3, -0.25) is 33.6 Å². The van der Waals surface area contributed by atoms with E-state index in [9.17, 15) is 33.6 Å². The fraction of sp³-hybridized carbons (Fsp3) is 0.250. The number of ether oxygens (including phenoxy) is 13. The topological polar surface area (TPSA) is 355 Å². The predicted molar refractivity (Wildman–Crippen MR) is 445 cm³/mol. The Morgan fingerprint density at radius 3 is 1.15 bits per heavy atom. The van der Waals surface area contributed by atoms with Crippen molar-refractivity contribution >= 4 is 5.69 Å². The van der Waals surface area contributed by atoms with E-state index in [1.807, 2.05) is 104 Å². The Balaban J connectivity index is 0.000000161. The Morgan fingerprint density at radius 1 is 0.372 bits per heavy atom. The van der Waals surface area contributed by atoms with Crippen LogP contribution in [0.2, 0.25) is 0 Å². The number of aliphatic hydroxyl groups is 1. The van der Waals surface area contributed by atoms with Gasteiger partial charge in [0.1, 0.15) is 94.5 Å². The largest absolute Gasteiger partial charge is 0.468 e. The van der Waals surface area contributed by atoms with Crippen LogP contribution in [0.5, 0.6) is 40.2 Å². The molecule has 1 N–H and O–H groups in total. The molecule has 7 unspecified atom stereocenters. The summed E-state index contributed by atoms with van der Waals surface area (Å²) in [6.07, 6.45) is 15.7. The molecule has 0 amide bonds. The molecule has 1 aromatic carbocycles. The van der Waals surface area contributed by atoms with Crippen molar-refractivity contribution in [1.82, 2.24) is 0 Å². The second-order valence-corrected chi connectivity index (χ2v) is 27.3. The summed E-state index contributed by atoms with van der Waals surface area (Å²) in [7, 11) is 0. The van der Waals surface area contributed by atoms with E-state index in [0.717, 1.165) is 67.8 Å². The minimum absolute atomic E-state index is 0.0333. The van der Waals surface area contributed by atoms with Gasteiger partial charge in [0.05, 0.1) is 31.3 Å². The van der Waals surface area contributed by atoms with E-state index in [1.54, 1.807) is 58.1 Å². The number of para-hydroxylation sites is 1. The average molecular weight is 1660 g/mol. The fourth-order valence-electron chi connectivity index (χ4n) is 11.1. The van der Waals surface area contributed by atoms with E-state index in [0.29, 0.717) is 69.8 Å². The molecule has 0 saturated heterocycles. The zero-order valence-corrected chi connectivity index (χ0v) is 69.3. The van der Waals surface area contributed by atoms with E-state index in [4.69, 9.17) is 97.6 Å². The van der Waals surface area contributed by atoms with Crippen LogP contribution in [0, 0.1) is 27.7 Å². The van der Waals surface area contributed by atoms with Gasteiger partial charge in [0.25, 0.3) is 37.7 Å². The number of anilines is 1. The number of benzene rings is 1. The maximum atomic E-state index is 12.1. The van der Waals surface area contributed by atoms with E-state index < -0.39 is 44.0 Å². The highest BCUT2D eigenvalue weighted by atomic mass is 16.7. The highest BCUT2D eigenvalue weighted by molar-refractivity contribution is 5.63. The molecule has 121 heavy (non-hydrogen) atoms. The lowest BCUT2D eigenvalue weighted by Gasteiger charge is -2.29. The number of aliphatic hydroxyl groups excluding tert-OH is 1. The molecule has 0 saturated carbocycles. The molecule has 0 fully saturated rings. The normalized spacial score (nSPS) is 18.9. The van der Waals surface area contributed by atoms with Gasteiger partial charge in [0, 0.05) is 96.2 Å². The molecule has 0 radical (unpaired) electrons. The van der Waals surface area contributed by atoms with Crippen molar-refractivity contribution in [3.05, 3.63) is 396 Å². The molecule has 14 heterocycles. The van der Waals surface area contributed by atoms with E-state index >= 15 is 0 Å². The minimum atomic E-state index is -0.662. The molecule has 29 heteroatoms. The van der Waals surface area contributed by atoms with Gasteiger partial charge in [-0.25, -0.2) is 0 Å². The third kappa shape index (κ3) is 23.6. The molecule has 0 aliphatic carbocycles. The Labute approximate surface area is 695 Å². The minimum Gasteiger partial charge on any atom is -0.468 e. The van der Waals surface area contributed by atoms with E-state index in [1.165, 1.54) is 86.3 Å².